The van der Waals surface area contributed by atoms with Crippen LogP contribution >= 0.6 is 11.8 Å². The van der Waals surface area contributed by atoms with Crippen LogP contribution in [0.3, 0.4) is 0 Å². The van der Waals surface area contributed by atoms with E-state index in [-0.39, 0.29) is 12.8 Å². The molecule has 5 unspecified atom stereocenters. The van der Waals surface area contributed by atoms with E-state index < -0.39 is 54.0 Å². The van der Waals surface area contributed by atoms with Gasteiger partial charge in [0.2, 0.25) is 17.7 Å². The molecule has 0 bridgehead atoms. The van der Waals surface area contributed by atoms with E-state index in [9.17, 15) is 29.4 Å². The largest absolute Gasteiger partial charge is 0.480 e. The SMILES string of the molecule is CSCCC(N)C(=O)NC(Cc1c[nH]c2ccccc12)C(=O)NC(Cc1cnc[nH]1)C(=O)NC(C(=O)O)C(C)O. The first kappa shape index (κ1) is 30.7. The molecular weight excluding hydrogens is 538 g/mol. The van der Waals surface area contributed by atoms with Crippen molar-refractivity contribution in [3.05, 3.63) is 54.2 Å². The van der Waals surface area contributed by atoms with Gasteiger partial charge in [0.15, 0.2) is 6.04 Å². The van der Waals surface area contributed by atoms with E-state index in [0.29, 0.717) is 17.9 Å². The van der Waals surface area contributed by atoms with E-state index in [0.717, 1.165) is 16.5 Å². The Bertz CT molecular complexity index is 1300. The maximum absolute atomic E-state index is 13.6. The molecule has 0 aliphatic carbocycles. The first-order chi connectivity index (χ1) is 19.1. The molecule has 5 atom stereocenters. The fourth-order valence-electron chi connectivity index (χ4n) is 4.12. The van der Waals surface area contributed by atoms with Crippen LogP contribution in [-0.4, -0.2) is 91.1 Å². The first-order valence-corrected chi connectivity index (χ1v) is 14.1. The maximum atomic E-state index is 13.6. The smallest absolute Gasteiger partial charge is 0.328 e. The lowest BCUT2D eigenvalue weighted by molar-refractivity contribution is -0.145. The Labute approximate surface area is 235 Å². The van der Waals surface area contributed by atoms with Gasteiger partial charge < -0.3 is 41.9 Å². The minimum absolute atomic E-state index is 0.0509. The Morgan fingerprint density at radius 2 is 1.70 bits per heavy atom. The second kappa shape index (κ2) is 14.5. The maximum Gasteiger partial charge on any atom is 0.328 e. The molecule has 3 rings (SSSR count). The normalized spacial score (nSPS) is 15.0. The number of imidazole rings is 1. The highest BCUT2D eigenvalue weighted by atomic mass is 32.2. The zero-order chi connectivity index (χ0) is 29.2. The molecule has 13 nitrogen and oxygen atoms in total. The summed E-state index contributed by atoms with van der Waals surface area (Å²) in [4.78, 5) is 61.1. The number of hydrogen-bond donors (Lipinski definition) is 8. The van der Waals surface area contributed by atoms with Gasteiger partial charge in [-0.05, 0) is 37.0 Å². The number of carboxylic acid groups (broad SMARTS) is 1. The molecule has 1 aromatic carbocycles. The number of rotatable bonds is 15. The van der Waals surface area contributed by atoms with Crippen molar-refractivity contribution < 1.29 is 29.4 Å². The van der Waals surface area contributed by atoms with Gasteiger partial charge in [0.05, 0.1) is 18.5 Å². The minimum atomic E-state index is -1.59. The van der Waals surface area contributed by atoms with Gasteiger partial charge >= 0.3 is 5.97 Å². The van der Waals surface area contributed by atoms with Crippen LogP contribution in [-0.2, 0) is 32.0 Å². The standard InChI is InChI=1S/C26H35N7O6S/c1-14(34)22(26(38)39)33-25(37)21(10-16-12-28-13-30-16)32-24(36)20(31-23(35)18(27)7-8-40-2)9-15-11-29-19-6-4-3-5-17(15)19/h3-6,11-14,18,20-22,29,34H,7-10,27H2,1-2H3,(H,28,30)(H,31,35)(H,32,36)(H,33,37)(H,38,39). The zero-order valence-electron chi connectivity index (χ0n) is 22.2. The highest BCUT2D eigenvalue weighted by molar-refractivity contribution is 7.98. The number of aliphatic hydroxyl groups is 1. The number of amides is 3. The van der Waals surface area contributed by atoms with Crippen LogP contribution in [0.5, 0.6) is 0 Å². The Morgan fingerprint density at radius 3 is 2.35 bits per heavy atom. The van der Waals surface area contributed by atoms with Gasteiger partial charge in [-0.15, -0.1) is 0 Å². The molecule has 0 spiro atoms. The third kappa shape index (κ3) is 8.31. The molecule has 216 valence electrons. The Hall–Kier alpha value is -3.88. The van der Waals surface area contributed by atoms with Crippen molar-refractivity contribution in [2.45, 2.75) is 56.5 Å². The van der Waals surface area contributed by atoms with Gasteiger partial charge in [-0.25, -0.2) is 9.78 Å². The second-order valence-electron chi connectivity index (χ2n) is 9.42. The van der Waals surface area contributed by atoms with Gasteiger partial charge in [0.25, 0.3) is 0 Å². The first-order valence-electron chi connectivity index (χ1n) is 12.7. The Kier molecular flexibility index (Phi) is 11.1. The van der Waals surface area contributed by atoms with E-state index in [1.165, 1.54) is 19.4 Å². The minimum Gasteiger partial charge on any atom is -0.480 e. The lowest BCUT2D eigenvalue weighted by Crippen LogP contribution is -2.59. The number of para-hydroxylation sites is 1. The average molecular weight is 574 g/mol. The van der Waals surface area contributed by atoms with Gasteiger partial charge in [-0.2, -0.15) is 11.8 Å². The van der Waals surface area contributed by atoms with Crippen LogP contribution in [0.2, 0.25) is 0 Å². The summed E-state index contributed by atoms with van der Waals surface area (Å²) in [5.41, 5.74) is 8.17. The van der Waals surface area contributed by atoms with Crippen molar-refractivity contribution >= 4 is 46.4 Å². The topological polar surface area (TPSA) is 215 Å². The summed E-state index contributed by atoms with van der Waals surface area (Å²) in [7, 11) is 0. The van der Waals surface area contributed by atoms with Gasteiger partial charge in [-0.1, -0.05) is 18.2 Å². The van der Waals surface area contributed by atoms with Gasteiger partial charge in [0.1, 0.15) is 12.1 Å². The van der Waals surface area contributed by atoms with Crippen LogP contribution in [0.4, 0.5) is 0 Å². The van der Waals surface area contributed by atoms with E-state index in [4.69, 9.17) is 5.73 Å². The number of hydrogen-bond acceptors (Lipinski definition) is 8. The van der Waals surface area contributed by atoms with Gasteiger partial charge in [0, 0.05) is 41.8 Å². The number of carbonyl (C=O) groups excluding carboxylic acids is 3. The molecule has 3 aromatic rings. The number of nitrogens with one attached hydrogen (secondary N) is 5. The third-order valence-electron chi connectivity index (χ3n) is 6.36. The summed E-state index contributed by atoms with van der Waals surface area (Å²) in [6.45, 7) is 1.23. The fraction of sp³-hybridized carbons (Fsp3) is 0.423. The van der Waals surface area contributed by atoms with Crippen molar-refractivity contribution in [2.75, 3.05) is 12.0 Å². The number of nitrogens with two attached hydrogens (primary N) is 1. The predicted molar refractivity (Wildman–Crippen MR) is 150 cm³/mol. The number of aliphatic hydroxyl groups excluding tert-OH is 1. The van der Waals surface area contributed by atoms with Crippen molar-refractivity contribution in [1.82, 2.24) is 30.9 Å². The molecule has 0 aliphatic heterocycles. The number of thioether (sulfide) groups is 1. The summed E-state index contributed by atoms with van der Waals surface area (Å²) in [5, 5.41) is 27.7. The Balaban J connectivity index is 1.86. The van der Waals surface area contributed by atoms with Crippen LogP contribution in [0, 0.1) is 0 Å². The molecule has 9 N–H and O–H groups in total. The molecule has 40 heavy (non-hydrogen) atoms. The van der Waals surface area contributed by atoms with Crippen LogP contribution in [0.15, 0.2) is 43.0 Å². The molecule has 0 saturated carbocycles. The summed E-state index contributed by atoms with van der Waals surface area (Å²) >= 11 is 1.54. The van der Waals surface area contributed by atoms with Crippen molar-refractivity contribution in [2.24, 2.45) is 5.73 Å². The van der Waals surface area contributed by atoms with E-state index in [2.05, 4.69) is 30.9 Å². The number of fused-ring (bicyclic) bond motifs is 1. The number of benzene rings is 1. The third-order valence-corrected chi connectivity index (χ3v) is 7.00. The number of carbonyl (C=O) groups is 4. The quantitative estimate of drug-likeness (QED) is 0.119. The highest BCUT2D eigenvalue weighted by Gasteiger charge is 2.32. The molecule has 0 fully saturated rings. The summed E-state index contributed by atoms with van der Waals surface area (Å²) in [6.07, 6.45) is 5.58. The number of carboxylic acids is 1. The zero-order valence-corrected chi connectivity index (χ0v) is 23.0. The van der Waals surface area contributed by atoms with E-state index in [1.807, 2.05) is 30.5 Å². The summed E-state index contributed by atoms with van der Waals surface area (Å²) < 4.78 is 0. The second-order valence-corrected chi connectivity index (χ2v) is 10.4. The monoisotopic (exact) mass is 573 g/mol. The number of aromatic nitrogens is 3. The summed E-state index contributed by atoms with van der Waals surface area (Å²) in [5.74, 6) is -2.78. The number of aromatic amines is 2. The van der Waals surface area contributed by atoms with Crippen LogP contribution in [0.1, 0.15) is 24.6 Å². The molecule has 0 saturated heterocycles. The molecule has 2 aromatic heterocycles. The predicted octanol–water partition coefficient (Wildman–Crippen LogP) is -0.324. The lowest BCUT2D eigenvalue weighted by Gasteiger charge is -2.25. The van der Waals surface area contributed by atoms with E-state index in [1.54, 1.807) is 18.0 Å². The van der Waals surface area contributed by atoms with Crippen molar-refractivity contribution in [3.8, 4) is 0 Å². The van der Waals surface area contributed by atoms with Gasteiger partial charge in [-0.3, -0.25) is 14.4 Å². The molecule has 2 heterocycles. The summed E-state index contributed by atoms with van der Waals surface area (Å²) in [6, 6.07) is 2.72. The molecule has 3 amide bonds. The van der Waals surface area contributed by atoms with Crippen LogP contribution in [0.25, 0.3) is 10.9 Å². The number of aliphatic carboxylic acids is 1. The molecule has 0 radical (unpaired) electrons. The lowest BCUT2D eigenvalue weighted by atomic mass is 10.0. The van der Waals surface area contributed by atoms with Crippen LogP contribution < -0.4 is 21.7 Å². The Morgan fingerprint density at radius 1 is 1.02 bits per heavy atom. The van der Waals surface area contributed by atoms with E-state index >= 15 is 0 Å². The van der Waals surface area contributed by atoms with Crippen molar-refractivity contribution in [1.29, 1.82) is 0 Å². The molecular formula is C26H35N7O6S. The highest BCUT2D eigenvalue weighted by Crippen LogP contribution is 2.19. The number of H-pyrrole nitrogens is 2. The van der Waals surface area contributed by atoms with Crippen molar-refractivity contribution in [3.63, 3.8) is 0 Å². The molecule has 14 heteroatoms. The number of nitrogens with zero attached hydrogens (tertiary/aromatic N) is 1. The fourth-order valence-corrected chi connectivity index (χ4v) is 4.61. The average Bonchev–Trinajstić information content (AvgIpc) is 3.59. The molecule has 0 aliphatic rings.